The molecule has 6 heteroatoms. The summed E-state index contributed by atoms with van der Waals surface area (Å²) in [5.41, 5.74) is 2.33. The smallest absolute Gasteiger partial charge is 0.191 e. The Labute approximate surface area is 176 Å². The summed E-state index contributed by atoms with van der Waals surface area (Å²) in [7, 11) is 1.80. The van der Waals surface area contributed by atoms with Crippen LogP contribution in [0.15, 0.2) is 47.5 Å². The van der Waals surface area contributed by atoms with E-state index in [9.17, 15) is 0 Å². The molecule has 0 spiro atoms. The van der Waals surface area contributed by atoms with E-state index in [1.807, 2.05) is 6.92 Å². The quantitative estimate of drug-likeness (QED) is 0.316. The van der Waals surface area contributed by atoms with Crippen LogP contribution < -0.4 is 10.6 Å². The van der Waals surface area contributed by atoms with Crippen molar-refractivity contribution in [1.82, 2.24) is 15.6 Å². The lowest BCUT2D eigenvalue weighted by molar-refractivity contribution is 0.687. The largest absolute Gasteiger partial charge is 0.351 e. The maximum Gasteiger partial charge on any atom is 0.191 e. The summed E-state index contributed by atoms with van der Waals surface area (Å²) in [5, 5.41) is 10.5. The van der Waals surface area contributed by atoms with E-state index in [1.165, 1.54) is 21.2 Å². The number of nitrogens with zero attached hydrogens (tertiary/aromatic N) is 2. The van der Waals surface area contributed by atoms with Crippen LogP contribution in [0.4, 0.5) is 0 Å². The summed E-state index contributed by atoms with van der Waals surface area (Å²) >= 11 is 1.73. The Bertz CT molecular complexity index is 904. The Morgan fingerprint density at radius 1 is 1.15 bits per heavy atom. The average molecular weight is 480 g/mol. The average Bonchev–Trinajstić information content (AvgIpc) is 2.95. The zero-order valence-corrected chi connectivity index (χ0v) is 18.7. The number of aryl methyl sites for hydroxylation is 2. The monoisotopic (exact) mass is 480 g/mol. The van der Waals surface area contributed by atoms with Gasteiger partial charge in [0, 0.05) is 11.9 Å². The van der Waals surface area contributed by atoms with Gasteiger partial charge in [0.05, 0.1) is 23.3 Å². The lowest BCUT2D eigenvalue weighted by atomic mass is 10.0. The van der Waals surface area contributed by atoms with Crippen molar-refractivity contribution in [2.24, 2.45) is 4.99 Å². The van der Waals surface area contributed by atoms with Crippen LogP contribution in [0.1, 0.15) is 34.1 Å². The van der Waals surface area contributed by atoms with Crippen LogP contribution in [-0.4, -0.2) is 18.0 Å². The highest BCUT2D eigenvalue weighted by Crippen LogP contribution is 2.20. The van der Waals surface area contributed by atoms with Gasteiger partial charge in [0.2, 0.25) is 0 Å². The van der Waals surface area contributed by atoms with E-state index in [1.54, 1.807) is 18.4 Å². The van der Waals surface area contributed by atoms with Gasteiger partial charge in [0.1, 0.15) is 0 Å². The molecule has 2 aromatic carbocycles. The standard InChI is InChI=1S/C20H24N4S.HI/c1-13(17-10-9-16-7-5-6-8-18(16)11-17)24-20(21-4)22-12-19-14(2)23-15(3)25-19;/h5-11,13H,12H2,1-4H3,(H2,21,22,24);1H. The number of aromatic nitrogens is 1. The van der Waals surface area contributed by atoms with Gasteiger partial charge < -0.3 is 10.6 Å². The van der Waals surface area contributed by atoms with Gasteiger partial charge in [-0.1, -0.05) is 36.4 Å². The van der Waals surface area contributed by atoms with Crippen LogP contribution in [0.5, 0.6) is 0 Å². The summed E-state index contributed by atoms with van der Waals surface area (Å²) in [5.74, 6) is 0.797. The minimum Gasteiger partial charge on any atom is -0.351 e. The number of fused-ring (bicyclic) bond motifs is 1. The molecule has 1 unspecified atom stereocenters. The lowest BCUT2D eigenvalue weighted by Gasteiger charge is -2.18. The van der Waals surface area contributed by atoms with Crippen molar-refractivity contribution in [3.8, 4) is 0 Å². The maximum absolute atomic E-state index is 4.47. The molecule has 0 amide bonds. The number of rotatable bonds is 4. The highest BCUT2D eigenvalue weighted by Gasteiger charge is 2.10. The molecular weight excluding hydrogens is 455 g/mol. The second-order valence-electron chi connectivity index (χ2n) is 6.14. The Hall–Kier alpha value is -1.67. The third-order valence-electron chi connectivity index (χ3n) is 4.27. The first-order valence-electron chi connectivity index (χ1n) is 8.45. The summed E-state index contributed by atoms with van der Waals surface area (Å²) in [6, 6.07) is 15.2. The first-order chi connectivity index (χ1) is 12.1. The van der Waals surface area contributed by atoms with Gasteiger partial charge in [-0.05, 0) is 43.2 Å². The molecule has 0 saturated carbocycles. The van der Waals surface area contributed by atoms with Crippen molar-refractivity contribution >= 4 is 52.0 Å². The summed E-state index contributed by atoms with van der Waals surface area (Å²) in [6.07, 6.45) is 0. The predicted molar refractivity (Wildman–Crippen MR) is 123 cm³/mol. The first kappa shape index (κ1) is 20.6. The second kappa shape index (κ2) is 9.32. The van der Waals surface area contributed by atoms with E-state index in [0.717, 1.165) is 23.2 Å². The molecule has 0 bridgehead atoms. The number of nitrogens with one attached hydrogen (secondary N) is 2. The number of thiazole rings is 1. The molecule has 0 saturated heterocycles. The van der Waals surface area contributed by atoms with Gasteiger partial charge >= 0.3 is 0 Å². The molecule has 1 aromatic heterocycles. The van der Waals surface area contributed by atoms with Gasteiger partial charge in [-0.25, -0.2) is 4.98 Å². The van der Waals surface area contributed by atoms with Gasteiger partial charge in [0.25, 0.3) is 0 Å². The predicted octanol–water partition coefficient (Wildman–Crippen LogP) is 4.96. The SMILES string of the molecule is CN=C(NCc1sc(C)nc1C)NC(C)c1ccc2ccccc2c1.I. The molecule has 1 heterocycles. The Balaban J connectivity index is 0.00000243. The fraction of sp³-hybridized carbons (Fsp3) is 0.300. The van der Waals surface area contributed by atoms with Gasteiger partial charge in [-0.2, -0.15) is 0 Å². The first-order valence-corrected chi connectivity index (χ1v) is 9.27. The van der Waals surface area contributed by atoms with Crippen LogP contribution in [-0.2, 0) is 6.54 Å². The van der Waals surface area contributed by atoms with Crippen molar-refractivity contribution in [2.45, 2.75) is 33.4 Å². The van der Waals surface area contributed by atoms with Crippen LogP contribution in [0.25, 0.3) is 10.8 Å². The normalized spacial score (nSPS) is 12.5. The second-order valence-corrected chi connectivity index (χ2v) is 7.43. The molecule has 0 aliphatic heterocycles. The van der Waals surface area contributed by atoms with E-state index < -0.39 is 0 Å². The molecule has 3 rings (SSSR count). The Morgan fingerprint density at radius 2 is 1.88 bits per heavy atom. The van der Waals surface area contributed by atoms with Crippen LogP contribution in [0.2, 0.25) is 0 Å². The molecule has 1 atom stereocenters. The van der Waals surface area contributed by atoms with Crippen molar-refractivity contribution in [3.63, 3.8) is 0 Å². The van der Waals surface area contributed by atoms with Crippen LogP contribution in [0.3, 0.4) is 0 Å². The topological polar surface area (TPSA) is 49.3 Å². The molecular formula is C20H25IN4S. The molecule has 0 aliphatic carbocycles. The minimum absolute atomic E-state index is 0. The zero-order valence-electron chi connectivity index (χ0n) is 15.5. The fourth-order valence-electron chi connectivity index (χ4n) is 2.86. The lowest BCUT2D eigenvalue weighted by Crippen LogP contribution is -2.38. The molecule has 0 aliphatic rings. The molecule has 2 N–H and O–H groups in total. The summed E-state index contributed by atoms with van der Waals surface area (Å²) in [4.78, 5) is 10.1. The fourth-order valence-corrected chi connectivity index (χ4v) is 3.74. The Morgan fingerprint density at radius 3 is 2.54 bits per heavy atom. The number of hydrogen-bond donors (Lipinski definition) is 2. The third kappa shape index (κ3) is 4.94. The molecule has 3 aromatic rings. The third-order valence-corrected chi connectivity index (χ3v) is 5.34. The van der Waals surface area contributed by atoms with E-state index in [2.05, 4.69) is 76.9 Å². The molecule has 0 radical (unpaired) electrons. The van der Waals surface area contributed by atoms with Gasteiger partial charge in [-0.3, -0.25) is 4.99 Å². The van der Waals surface area contributed by atoms with Crippen molar-refractivity contribution in [2.75, 3.05) is 7.05 Å². The van der Waals surface area contributed by atoms with E-state index in [0.29, 0.717) is 0 Å². The number of hydrogen-bond acceptors (Lipinski definition) is 3. The zero-order chi connectivity index (χ0) is 17.8. The van der Waals surface area contributed by atoms with Crippen molar-refractivity contribution in [3.05, 3.63) is 63.6 Å². The summed E-state index contributed by atoms with van der Waals surface area (Å²) in [6.45, 7) is 6.98. The van der Waals surface area contributed by atoms with E-state index in [-0.39, 0.29) is 30.0 Å². The Kier molecular flexibility index (Phi) is 7.40. The van der Waals surface area contributed by atoms with E-state index >= 15 is 0 Å². The van der Waals surface area contributed by atoms with Gasteiger partial charge in [0.15, 0.2) is 5.96 Å². The van der Waals surface area contributed by atoms with Gasteiger partial charge in [-0.15, -0.1) is 35.3 Å². The number of aliphatic imine (C=N–C) groups is 1. The molecule has 138 valence electrons. The molecule has 26 heavy (non-hydrogen) atoms. The highest BCUT2D eigenvalue weighted by atomic mass is 127. The van der Waals surface area contributed by atoms with Crippen LogP contribution >= 0.6 is 35.3 Å². The van der Waals surface area contributed by atoms with Crippen molar-refractivity contribution in [1.29, 1.82) is 0 Å². The van der Waals surface area contributed by atoms with Crippen molar-refractivity contribution < 1.29 is 0 Å². The van der Waals surface area contributed by atoms with Crippen LogP contribution in [0, 0.1) is 13.8 Å². The highest BCUT2D eigenvalue weighted by molar-refractivity contribution is 14.0. The number of halogens is 1. The number of guanidine groups is 1. The minimum atomic E-state index is 0. The molecule has 0 fully saturated rings. The summed E-state index contributed by atoms with van der Waals surface area (Å²) < 4.78 is 0. The number of benzene rings is 2. The maximum atomic E-state index is 4.47. The van der Waals surface area contributed by atoms with E-state index in [4.69, 9.17) is 0 Å². The molecule has 4 nitrogen and oxygen atoms in total.